The summed E-state index contributed by atoms with van der Waals surface area (Å²) in [5.41, 5.74) is 9.29. The van der Waals surface area contributed by atoms with Crippen molar-refractivity contribution >= 4 is 5.91 Å². The van der Waals surface area contributed by atoms with Crippen LogP contribution in [0.25, 0.3) is 11.1 Å². The molecule has 0 radical (unpaired) electrons. The molecule has 0 bridgehead atoms. The first kappa shape index (κ1) is 12.3. The Morgan fingerprint density at radius 1 is 1.11 bits per heavy atom. The number of hydrogen-bond acceptors (Lipinski definition) is 2. The minimum Gasteiger partial charge on any atom is -0.355 e. The van der Waals surface area contributed by atoms with E-state index in [4.69, 9.17) is 5.73 Å². The van der Waals surface area contributed by atoms with E-state index in [0.717, 1.165) is 16.7 Å². The molecule has 0 saturated carbocycles. The molecule has 2 aromatic rings. The van der Waals surface area contributed by atoms with Gasteiger partial charge in [0.05, 0.1) is 0 Å². The zero-order valence-corrected chi connectivity index (χ0v) is 10.3. The van der Waals surface area contributed by atoms with Crippen LogP contribution in [-0.2, 0) is 6.54 Å². The maximum absolute atomic E-state index is 11.8. The predicted molar refractivity (Wildman–Crippen MR) is 73.2 cm³/mol. The Hall–Kier alpha value is -2.13. The maximum Gasteiger partial charge on any atom is 0.251 e. The minimum absolute atomic E-state index is 0.0755. The van der Waals surface area contributed by atoms with Gasteiger partial charge in [0.2, 0.25) is 0 Å². The largest absolute Gasteiger partial charge is 0.355 e. The van der Waals surface area contributed by atoms with E-state index in [2.05, 4.69) is 5.32 Å². The van der Waals surface area contributed by atoms with E-state index in [1.165, 1.54) is 0 Å². The second-order valence-electron chi connectivity index (χ2n) is 4.03. The molecule has 0 aliphatic rings. The number of nitrogens with two attached hydrogens (primary N) is 1. The summed E-state index contributed by atoms with van der Waals surface area (Å²) in [5, 5.41) is 2.66. The molecule has 0 aliphatic carbocycles. The van der Waals surface area contributed by atoms with Crippen molar-refractivity contribution < 1.29 is 4.79 Å². The van der Waals surface area contributed by atoms with E-state index in [-0.39, 0.29) is 5.91 Å². The van der Waals surface area contributed by atoms with Crippen LogP contribution in [0.15, 0.2) is 48.5 Å². The highest BCUT2D eigenvalue weighted by Gasteiger charge is 2.10. The quantitative estimate of drug-likeness (QED) is 0.864. The number of carbonyl (C=O) groups is 1. The van der Waals surface area contributed by atoms with Gasteiger partial charge in [-0.25, -0.2) is 0 Å². The Labute approximate surface area is 107 Å². The predicted octanol–water partition coefficient (Wildman–Crippen LogP) is 2.17. The summed E-state index contributed by atoms with van der Waals surface area (Å²) in [5.74, 6) is -0.0755. The number of carbonyl (C=O) groups excluding carboxylic acids is 1. The van der Waals surface area contributed by atoms with Crippen LogP contribution in [0.4, 0.5) is 0 Å². The first-order valence-electron chi connectivity index (χ1n) is 5.86. The van der Waals surface area contributed by atoms with Crippen molar-refractivity contribution in [3.63, 3.8) is 0 Å². The maximum atomic E-state index is 11.8. The van der Waals surface area contributed by atoms with Crippen molar-refractivity contribution in [3.8, 4) is 11.1 Å². The lowest BCUT2D eigenvalue weighted by atomic mass is 9.98. The van der Waals surface area contributed by atoms with E-state index in [9.17, 15) is 4.79 Å². The molecule has 3 nitrogen and oxygen atoms in total. The fourth-order valence-electron chi connectivity index (χ4n) is 1.89. The Bertz CT molecular complexity index is 547. The second kappa shape index (κ2) is 5.47. The van der Waals surface area contributed by atoms with Crippen LogP contribution in [0.1, 0.15) is 15.9 Å². The SMILES string of the molecule is CNC(=O)c1ccccc1-c1ccc(CN)cc1. The smallest absolute Gasteiger partial charge is 0.251 e. The third-order valence-corrected chi connectivity index (χ3v) is 2.90. The van der Waals surface area contributed by atoms with Crippen molar-refractivity contribution in [2.45, 2.75) is 6.54 Å². The summed E-state index contributed by atoms with van der Waals surface area (Å²) in [6.45, 7) is 0.525. The zero-order valence-electron chi connectivity index (χ0n) is 10.3. The average molecular weight is 240 g/mol. The Morgan fingerprint density at radius 3 is 2.39 bits per heavy atom. The summed E-state index contributed by atoms with van der Waals surface area (Å²) in [6, 6.07) is 15.5. The molecule has 0 saturated heterocycles. The van der Waals surface area contributed by atoms with Crippen molar-refractivity contribution in [3.05, 3.63) is 59.7 Å². The van der Waals surface area contributed by atoms with Crippen molar-refractivity contribution in [1.82, 2.24) is 5.32 Å². The van der Waals surface area contributed by atoms with Gasteiger partial charge >= 0.3 is 0 Å². The summed E-state index contributed by atoms with van der Waals surface area (Å²) in [7, 11) is 1.64. The first-order chi connectivity index (χ1) is 8.76. The van der Waals surface area contributed by atoms with Crippen LogP contribution in [0, 0.1) is 0 Å². The minimum atomic E-state index is -0.0755. The Kier molecular flexibility index (Phi) is 3.75. The molecular formula is C15H16N2O. The van der Waals surface area contributed by atoms with Crippen molar-refractivity contribution in [2.24, 2.45) is 5.73 Å². The number of benzene rings is 2. The molecule has 0 aromatic heterocycles. The van der Waals surface area contributed by atoms with Crippen LogP contribution in [0.2, 0.25) is 0 Å². The molecule has 1 amide bonds. The van der Waals surface area contributed by atoms with Gasteiger partial charge in [-0.05, 0) is 22.8 Å². The number of amides is 1. The topological polar surface area (TPSA) is 55.1 Å². The van der Waals surface area contributed by atoms with Crippen LogP contribution >= 0.6 is 0 Å². The van der Waals surface area contributed by atoms with Gasteiger partial charge in [0, 0.05) is 19.2 Å². The number of rotatable bonds is 3. The highest BCUT2D eigenvalue weighted by molar-refractivity contribution is 6.00. The van der Waals surface area contributed by atoms with Gasteiger partial charge in [-0.1, -0.05) is 42.5 Å². The highest BCUT2D eigenvalue weighted by atomic mass is 16.1. The normalized spacial score (nSPS) is 10.1. The second-order valence-corrected chi connectivity index (χ2v) is 4.03. The summed E-state index contributed by atoms with van der Waals surface area (Å²) in [4.78, 5) is 11.8. The molecule has 0 unspecified atom stereocenters. The molecule has 0 spiro atoms. The molecule has 3 heteroatoms. The van der Waals surface area contributed by atoms with E-state index < -0.39 is 0 Å². The molecule has 0 aliphatic heterocycles. The zero-order chi connectivity index (χ0) is 13.0. The number of nitrogens with one attached hydrogen (secondary N) is 1. The fourth-order valence-corrected chi connectivity index (χ4v) is 1.89. The first-order valence-corrected chi connectivity index (χ1v) is 5.86. The molecule has 2 aromatic carbocycles. The number of hydrogen-bond donors (Lipinski definition) is 2. The lowest BCUT2D eigenvalue weighted by Gasteiger charge is -2.09. The summed E-state index contributed by atoms with van der Waals surface area (Å²) in [6.07, 6.45) is 0. The molecule has 18 heavy (non-hydrogen) atoms. The molecule has 2 rings (SSSR count). The molecule has 92 valence electrons. The third kappa shape index (κ3) is 2.41. The lowest BCUT2D eigenvalue weighted by Crippen LogP contribution is -2.18. The van der Waals surface area contributed by atoms with Gasteiger partial charge in [-0.2, -0.15) is 0 Å². The van der Waals surface area contributed by atoms with E-state index in [1.54, 1.807) is 7.05 Å². The Morgan fingerprint density at radius 2 is 1.78 bits per heavy atom. The third-order valence-electron chi connectivity index (χ3n) is 2.90. The fraction of sp³-hybridized carbons (Fsp3) is 0.133. The molecule has 0 atom stereocenters. The van der Waals surface area contributed by atoms with Crippen LogP contribution < -0.4 is 11.1 Å². The van der Waals surface area contributed by atoms with Crippen LogP contribution in [0.3, 0.4) is 0 Å². The van der Waals surface area contributed by atoms with E-state index >= 15 is 0 Å². The van der Waals surface area contributed by atoms with E-state index in [1.807, 2.05) is 48.5 Å². The standard InChI is InChI=1S/C15H16N2O/c1-17-15(18)14-5-3-2-4-13(14)12-8-6-11(10-16)7-9-12/h2-9H,10,16H2,1H3,(H,17,18). The van der Waals surface area contributed by atoms with Gasteiger partial charge < -0.3 is 11.1 Å². The van der Waals surface area contributed by atoms with Crippen LogP contribution in [-0.4, -0.2) is 13.0 Å². The van der Waals surface area contributed by atoms with E-state index in [0.29, 0.717) is 12.1 Å². The van der Waals surface area contributed by atoms with Gasteiger partial charge in [0.15, 0.2) is 0 Å². The summed E-state index contributed by atoms with van der Waals surface area (Å²) < 4.78 is 0. The monoisotopic (exact) mass is 240 g/mol. The van der Waals surface area contributed by atoms with Gasteiger partial charge in [0.25, 0.3) is 5.91 Å². The Balaban J connectivity index is 2.46. The van der Waals surface area contributed by atoms with Crippen molar-refractivity contribution in [2.75, 3.05) is 7.05 Å². The van der Waals surface area contributed by atoms with Crippen molar-refractivity contribution in [1.29, 1.82) is 0 Å². The molecular weight excluding hydrogens is 224 g/mol. The highest BCUT2D eigenvalue weighted by Crippen LogP contribution is 2.23. The van der Waals surface area contributed by atoms with Crippen LogP contribution in [0.5, 0.6) is 0 Å². The molecule has 0 heterocycles. The lowest BCUT2D eigenvalue weighted by molar-refractivity contribution is 0.0963. The molecule has 3 N–H and O–H groups in total. The average Bonchev–Trinajstić information content (AvgIpc) is 2.46. The van der Waals surface area contributed by atoms with Gasteiger partial charge in [0.1, 0.15) is 0 Å². The summed E-state index contributed by atoms with van der Waals surface area (Å²) >= 11 is 0. The molecule has 0 fully saturated rings. The van der Waals surface area contributed by atoms with Gasteiger partial charge in [-0.3, -0.25) is 4.79 Å². The van der Waals surface area contributed by atoms with Gasteiger partial charge in [-0.15, -0.1) is 0 Å².